The molecule has 2 rings (SSSR count). The molecule has 66 valence electrons. The van der Waals surface area contributed by atoms with Crippen molar-refractivity contribution in [1.29, 1.82) is 0 Å². The SMILES string of the molecule is CSc1cccc2ncc(C)cc12. The highest BCUT2D eigenvalue weighted by Gasteiger charge is 1.99. The van der Waals surface area contributed by atoms with E-state index in [0.29, 0.717) is 0 Å². The number of hydrogen-bond donors (Lipinski definition) is 0. The summed E-state index contributed by atoms with van der Waals surface area (Å²) in [6.07, 6.45) is 4.00. The van der Waals surface area contributed by atoms with Crippen molar-refractivity contribution in [1.82, 2.24) is 4.98 Å². The largest absolute Gasteiger partial charge is 0.256 e. The van der Waals surface area contributed by atoms with Gasteiger partial charge in [-0.05, 0) is 36.9 Å². The summed E-state index contributed by atoms with van der Waals surface area (Å²) < 4.78 is 0. The molecule has 0 saturated carbocycles. The van der Waals surface area contributed by atoms with E-state index in [-0.39, 0.29) is 0 Å². The first-order chi connectivity index (χ1) is 6.31. The number of aryl methyl sites for hydroxylation is 1. The Morgan fingerprint density at radius 2 is 2.15 bits per heavy atom. The zero-order chi connectivity index (χ0) is 9.26. The molecule has 0 spiro atoms. The van der Waals surface area contributed by atoms with Crippen molar-refractivity contribution in [3.63, 3.8) is 0 Å². The fourth-order valence-electron chi connectivity index (χ4n) is 1.40. The summed E-state index contributed by atoms with van der Waals surface area (Å²) in [7, 11) is 0. The van der Waals surface area contributed by atoms with Gasteiger partial charge in [-0.1, -0.05) is 6.07 Å². The first-order valence-electron chi connectivity index (χ1n) is 4.20. The molecule has 0 unspecified atom stereocenters. The Balaban J connectivity index is 2.79. The fraction of sp³-hybridized carbons (Fsp3) is 0.182. The van der Waals surface area contributed by atoms with E-state index >= 15 is 0 Å². The summed E-state index contributed by atoms with van der Waals surface area (Å²) in [5, 5.41) is 1.26. The van der Waals surface area contributed by atoms with E-state index in [1.165, 1.54) is 15.8 Å². The smallest absolute Gasteiger partial charge is 0.0713 e. The molecule has 0 amide bonds. The summed E-state index contributed by atoms with van der Waals surface area (Å²) in [6, 6.07) is 8.42. The Hall–Kier alpha value is -1.02. The summed E-state index contributed by atoms with van der Waals surface area (Å²) >= 11 is 1.77. The normalized spacial score (nSPS) is 10.6. The quantitative estimate of drug-likeness (QED) is 0.639. The second kappa shape index (κ2) is 3.38. The van der Waals surface area contributed by atoms with E-state index in [9.17, 15) is 0 Å². The molecule has 0 saturated heterocycles. The monoisotopic (exact) mass is 189 g/mol. The lowest BCUT2D eigenvalue weighted by Crippen LogP contribution is -1.82. The van der Waals surface area contributed by atoms with Crippen molar-refractivity contribution in [2.75, 3.05) is 6.26 Å². The summed E-state index contributed by atoms with van der Waals surface area (Å²) in [4.78, 5) is 5.68. The Morgan fingerprint density at radius 1 is 1.31 bits per heavy atom. The van der Waals surface area contributed by atoms with Gasteiger partial charge >= 0.3 is 0 Å². The van der Waals surface area contributed by atoms with Crippen LogP contribution in [0.3, 0.4) is 0 Å². The minimum atomic E-state index is 1.08. The molecule has 0 N–H and O–H groups in total. The average Bonchev–Trinajstić information content (AvgIpc) is 2.17. The summed E-state index contributed by atoms with van der Waals surface area (Å²) in [6.45, 7) is 2.07. The molecule has 0 bridgehead atoms. The van der Waals surface area contributed by atoms with E-state index < -0.39 is 0 Å². The van der Waals surface area contributed by atoms with Crippen molar-refractivity contribution in [2.45, 2.75) is 11.8 Å². The van der Waals surface area contributed by atoms with E-state index in [0.717, 1.165) is 5.52 Å². The highest BCUT2D eigenvalue weighted by atomic mass is 32.2. The average molecular weight is 189 g/mol. The van der Waals surface area contributed by atoms with Crippen LogP contribution in [0.25, 0.3) is 10.9 Å². The van der Waals surface area contributed by atoms with Crippen molar-refractivity contribution in [3.05, 3.63) is 36.0 Å². The number of rotatable bonds is 1. The van der Waals surface area contributed by atoms with Crippen LogP contribution in [0, 0.1) is 6.92 Å². The molecule has 2 aromatic rings. The van der Waals surface area contributed by atoms with Crippen molar-refractivity contribution >= 4 is 22.7 Å². The molecule has 1 heterocycles. The molecule has 1 aromatic heterocycles. The maximum atomic E-state index is 4.38. The lowest BCUT2D eigenvalue weighted by molar-refractivity contribution is 1.32. The van der Waals surface area contributed by atoms with E-state index in [4.69, 9.17) is 0 Å². The predicted octanol–water partition coefficient (Wildman–Crippen LogP) is 3.27. The van der Waals surface area contributed by atoms with Gasteiger partial charge in [-0.3, -0.25) is 4.98 Å². The number of fused-ring (bicyclic) bond motifs is 1. The third-order valence-electron chi connectivity index (χ3n) is 2.04. The second-order valence-electron chi connectivity index (χ2n) is 3.04. The van der Waals surface area contributed by atoms with Gasteiger partial charge in [0.15, 0.2) is 0 Å². The predicted molar refractivity (Wildman–Crippen MR) is 58.3 cm³/mol. The zero-order valence-electron chi connectivity index (χ0n) is 7.74. The molecule has 0 atom stereocenters. The van der Waals surface area contributed by atoms with Gasteiger partial charge in [0, 0.05) is 16.5 Å². The first-order valence-corrected chi connectivity index (χ1v) is 5.43. The Morgan fingerprint density at radius 3 is 2.92 bits per heavy atom. The van der Waals surface area contributed by atoms with E-state index in [1.54, 1.807) is 11.8 Å². The van der Waals surface area contributed by atoms with E-state index in [1.807, 2.05) is 6.20 Å². The van der Waals surface area contributed by atoms with Gasteiger partial charge in [0.2, 0.25) is 0 Å². The Bertz CT molecular complexity index is 437. The zero-order valence-corrected chi connectivity index (χ0v) is 8.56. The maximum Gasteiger partial charge on any atom is 0.0713 e. The van der Waals surface area contributed by atoms with Gasteiger partial charge in [0.25, 0.3) is 0 Å². The highest BCUT2D eigenvalue weighted by Crippen LogP contribution is 2.25. The third-order valence-corrected chi connectivity index (χ3v) is 2.84. The number of thioether (sulfide) groups is 1. The van der Waals surface area contributed by atoms with Gasteiger partial charge in [0.1, 0.15) is 0 Å². The Labute approximate surface area is 82.2 Å². The van der Waals surface area contributed by atoms with Crippen LogP contribution in [0.1, 0.15) is 5.56 Å². The highest BCUT2D eigenvalue weighted by molar-refractivity contribution is 7.98. The molecular formula is C11H11NS. The number of benzene rings is 1. The van der Waals surface area contributed by atoms with Crippen molar-refractivity contribution in [2.24, 2.45) is 0 Å². The lowest BCUT2D eigenvalue weighted by atomic mass is 10.2. The number of pyridine rings is 1. The summed E-state index contributed by atoms with van der Waals surface area (Å²) in [5.41, 5.74) is 2.30. The second-order valence-corrected chi connectivity index (χ2v) is 3.89. The number of nitrogens with zero attached hydrogens (tertiary/aromatic N) is 1. The van der Waals surface area contributed by atoms with Crippen LogP contribution >= 0.6 is 11.8 Å². The molecule has 0 aliphatic carbocycles. The molecule has 0 aliphatic rings. The van der Waals surface area contributed by atoms with E-state index in [2.05, 4.69) is 42.4 Å². The third kappa shape index (κ3) is 1.54. The van der Waals surface area contributed by atoms with Crippen LogP contribution < -0.4 is 0 Å². The molecule has 2 heteroatoms. The maximum absolute atomic E-state index is 4.38. The van der Waals surface area contributed by atoms with Crippen LogP contribution in [-0.4, -0.2) is 11.2 Å². The van der Waals surface area contributed by atoms with Gasteiger partial charge in [-0.15, -0.1) is 11.8 Å². The molecule has 13 heavy (non-hydrogen) atoms. The van der Waals surface area contributed by atoms with Crippen LogP contribution in [0.2, 0.25) is 0 Å². The molecular weight excluding hydrogens is 178 g/mol. The Kier molecular flexibility index (Phi) is 2.23. The molecule has 0 radical (unpaired) electrons. The standard InChI is InChI=1S/C11H11NS/c1-8-6-9-10(12-7-8)4-3-5-11(9)13-2/h3-7H,1-2H3. The van der Waals surface area contributed by atoms with Gasteiger partial charge in [0.05, 0.1) is 5.52 Å². The molecule has 0 aliphatic heterocycles. The van der Waals surface area contributed by atoms with Crippen LogP contribution in [-0.2, 0) is 0 Å². The molecule has 0 fully saturated rings. The van der Waals surface area contributed by atoms with Gasteiger partial charge < -0.3 is 0 Å². The minimum absolute atomic E-state index is 1.08. The first kappa shape index (κ1) is 8.57. The summed E-state index contributed by atoms with van der Waals surface area (Å²) in [5.74, 6) is 0. The van der Waals surface area contributed by atoms with Crippen LogP contribution in [0.15, 0.2) is 35.4 Å². The fourth-order valence-corrected chi connectivity index (χ4v) is 2.00. The van der Waals surface area contributed by atoms with Gasteiger partial charge in [-0.2, -0.15) is 0 Å². The molecule has 1 nitrogen and oxygen atoms in total. The molecule has 1 aromatic carbocycles. The van der Waals surface area contributed by atoms with Crippen molar-refractivity contribution in [3.8, 4) is 0 Å². The minimum Gasteiger partial charge on any atom is -0.256 e. The topological polar surface area (TPSA) is 12.9 Å². The number of aromatic nitrogens is 1. The van der Waals surface area contributed by atoms with Gasteiger partial charge in [-0.25, -0.2) is 0 Å². The van der Waals surface area contributed by atoms with Crippen molar-refractivity contribution < 1.29 is 0 Å². The number of hydrogen-bond acceptors (Lipinski definition) is 2. The van der Waals surface area contributed by atoms with Crippen LogP contribution in [0.5, 0.6) is 0 Å². The lowest BCUT2D eigenvalue weighted by Gasteiger charge is -2.03. The van der Waals surface area contributed by atoms with Crippen LogP contribution in [0.4, 0.5) is 0 Å².